The minimum atomic E-state index is -0.358. The first kappa shape index (κ1) is 19.4. The van der Waals surface area contributed by atoms with Crippen LogP contribution in [0.4, 0.5) is 23.3 Å². The molecule has 0 bridgehead atoms. The maximum Gasteiger partial charge on any atom is 0.135 e. The molecule has 3 aromatic heterocycles. The van der Waals surface area contributed by atoms with Gasteiger partial charge in [-0.3, -0.25) is 0 Å². The molecule has 1 fully saturated rings. The van der Waals surface area contributed by atoms with Crippen LogP contribution in [-0.4, -0.2) is 34.8 Å². The van der Waals surface area contributed by atoms with E-state index in [9.17, 15) is 0 Å². The molecule has 5 N–H and O–H groups in total. The van der Waals surface area contributed by atoms with E-state index in [0.717, 1.165) is 41.5 Å². The van der Waals surface area contributed by atoms with Crippen LogP contribution in [0.2, 0.25) is 0 Å². The van der Waals surface area contributed by atoms with Crippen LogP contribution in [0.1, 0.15) is 32.3 Å². The van der Waals surface area contributed by atoms with E-state index in [-0.39, 0.29) is 5.54 Å². The summed E-state index contributed by atoms with van der Waals surface area (Å²) in [6.45, 7) is 6.23. The van der Waals surface area contributed by atoms with Crippen molar-refractivity contribution < 1.29 is 4.74 Å². The highest BCUT2D eigenvalue weighted by molar-refractivity contribution is 5.94. The molecular weight excluding hydrogens is 366 g/mol. The number of nitrogen functional groups attached to an aromatic ring is 1. The van der Waals surface area contributed by atoms with Crippen molar-refractivity contribution in [3.05, 3.63) is 42.2 Å². The summed E-state index contributed by atoms with van der Waals surface area (Å²) in [6.07, 6.45) is 5.23. The topological polar surface area (TPSA) is 115 Å². The third-order valence-corrected chi connectivity index (χ3v) is 5.66. The van der Waals surface area contributed by atoms with Gasteiger partial charge in [0.1, 0.15) is 30.0 Å². The Hall–Kier alpha value is -2.97. The van der Waals surface area contributed by atoms with Gasteiger partial charge >= 0.3 is 0 Å². The molecule has 0 atom stereocenters. The number of ether oxygens (including phenoxy) is 1. The number of aromatic nitrogens is 3. The Morgan fingerprint density at radius 2 is 1.97 bits per heavy atom. The molecule has 4 heterocycles. The van der Waals surface area contributed by atoms with Crippen LogP contribution in [0, 0.1) is 0 Å². The van der Waals surface area contributed by atoms with E-state index in [1.807, 2.05) is 24.3 Å². The molecule has 29 heavy (non-hydrogen) atoms. The summed E-state index contributed by atoms with van der Waals surface area (Å²) in [5, 5.41) is 5.07. The molecule has 1 aliphatic rings. The number of rotatable bonds is 6. The van der Waals surface area contributed by atoms with E-state index in [1.165, 1.54) is 0 Å². The van der Waals surface area contributed by atoms with Gasteiger partial charge in [0.25, 0.3) is 0 Å². The van der Waals surface area contributed by atoms with Crippen LogP contribution in [0.25, 0.3) is 10.8 Å². The first-order chi connectivity index (χ1) is 14.0. The minimum Gasteiger partial charge on any atom is -0.383 e. The van der Waals surface area contributed by atoms with Crippen molar-refractivity contribution >= 4 is 34.0 Å². The zero-order chi connectivity index (χ0) is 20.4. The normalized spacial score (nSPS) is 14.5. The number of nitrogens with zero attached hydrogens (tertiary/aromatic N) is 4. The molecule has 0 aromatic carbocycles. The fourth-order valence-corrected chi connectivity index (χ4v) is 3.58. The quantitative estimate of drug-likeness (QED) is 0.585. The van der Waals surface area contributed by atoms with Crippen LogP contribution in [0.15, 0.2) is 36.7 Å². The number of hydrogen-bond donors (Lipinski definition) is 3. The van der Waals surface area contributed by atoms with Crippen molar-refractivity contribution in [3.63, 3.8) is 0 Å². The number of fused-ring (bicyclic) bond motifs is 1. The van der Waals surface area contributed by atoms with E-state index in [2.05, 4.69) is 39.0 Å². The molecule has 0 unspecified atom stereocenters. The smallest absolute Gasteiger partial charge is 0.135 e. The molecule has 0 spiro atoms. The van der Waals surface area contributed by atoms with Gasteiger partial charge in [-0.05, 0) is 48.1 Å². The van der Waals surface area contributed by atoms with Crippen molar-refractivity contribution in [1.29, 1.82) is 0 Å². The van der Waals surface area contributed by atoms with Gasteiger partial charge in [-0.15, -0.1) is 0 Å². The number of nitrogens with two attached hydrogens (primary N) is 2. The SMILES string of the molecule is CCC(N)(CC)c1ccnc(Nc2cc3cc(N4CCOC4)nc(N)c3cn2)c1. The first-order valence-electron chi connectivity index (χ1n) is 9.94. The van der Waals surface area contributed by atoms with Crippen LogP contribution < -0.4 is 21.7 Å². The molecule has 152 valence electrons. The monoisotopic (exact) mass is 393 g/mol. The van der Waals surface area contributed by atoms with Gasteiger partial charge in [-0.1, -0.05) is 13.8 Å². The van der Waals surface area contributed by atoms with Crippen molar-refractivity contribution in [2.75, 3.05) is 35.8 Å². The Balaban J connectivity index is 1.65. The van der Waals surface area contributed by atoms with Crippen LogP contribution in [0.3, 0.4) is 0 Å². The first-order valence-corrected chi connectivity index (χ1v) is 9.94. The standard InChI is InChI=1S/C21H27N7O/c1-3-21(23,4-2)15-5-6-24-18(11-15)26-17-9-14-10-19(28-7-8-29-13-28)27-20(22)16(14)12-25-17/h5-6,9-12H,3-4,7-8,13,23H2,1-2H3,(H2,22,27)(H,24,25,26). The van der Waals surface area contributed by atoms with Gasteiger partial charge in [0.05, 0.1) is 6.61 Å². The fourth-order valence-electron chi connectivity index (χ4n) is 3.58. The maximum absolute atomic E-state index is 6.54. The second kappa shape index (κ2) is 7.81. The minimum absolute atomic E-state index is 0.358. The van der Waals surface area contributed by atoms with Crippen molar-refractivity contribution in [2.24, 2.45) is 5.73 Å². The lowest BCUT2D eigenvalue weighted by atomic mass is 9.86. The third-order valence-electron chi connectivity index (χ3n) is 5.66. The molecule has 0 saturated carbocycles. The Morgan fingerprint density at radius 3 is 2.69 bits per heavy atom. The van der Waals surface area contributed by atoms with Gasteiger partial charge in [0.15, 0.2) is 0 Å². The van der Waals surface area contributed by atoms with Gasteiger partial charge in [0.2, 0.25) is 0 Å². The maximum atomic E-state index is 6.54. The molecule has 4 rings (SSSR count). The molecule has 1 saturated heterocycles. The number of hydrogen-bond acceptors (Lipinski definition) is 8. The van der Waals surface area contributed by atoms with Gasteiger partial charge in [-0.2, -0.15) is 0 Å². The van der Waals surface area contributed by atoms with Gasteiger partial charge in [-0.25, -0.2) is 15.0 Å². The third kappa shape index (κ3) is 3.81. The molecule has 8 heteroatoms. The molecule has 0 amide bonds. The van der Waals surface area contributed by atoms with Crippen LogP contribution in [0.5, 0.6) is 0 Å². The largest absolute Gasteiger partial charge is 0.383 e. The van der Waals surface area contributed by atoms with E-state index in [4.69, 9.17) is 16.2 Å². The van der Waals surface area contributed by atoms with Crippen LogP contribution >= 0.6 is 0 Å². The fraction of sp³-hybridized carbons (Fsp3) is 0.381. The lowest BCUT2D eigenvalue weighted by Gasteiger charge is -2.27. The summed E-state index contributed by atoms with van der Waals surface area (Å²) in [4.78, 5) is 15.5. The average molecular weight is 393 g/mol. The zero-order valence-corrected chi connectivity index (χ0v) is 16.9. The summed E-state index contributed by atoms with van der Waals surface area (Å²) in [7, 11) is 0. The summed E-state index contributed by atoms with van der Waals surface area (Å²) >= 11 is 0. The number of pyridine rings is 3. The van der Waals surface area contributed by atoms with Gasteiger partial charge < -0.3 is 26.4 Å². The van der Waals surface area contributed by atoms with E-state index >= 15 is 0 Å². The molecule has 8 nitrogen and oxygen atoms in total. The number of anilines is 4. The Labute approximate surface area is 170 Å². The highest BCUT2D eigenvalue weighted by Gasteiger charge is 2.23. The summed E-state index contributed by atoms with van der Waals surface area (Å²) in [5.74, 6) is 2.67. The number of nitrogens with one attached hydrogen (secondary N) is 1. The molecule has 0 aliphatic carbocycles. The Bertz CT molecular complexity index is 1010. The summed E-state index contributed by atoms with van der Waals surface area (Å²) in [5.41, 5.74) is 13.4. The van der Waals surface area contributed by atoms with E-state index < -0.39 is 0 Å². The molecule has 1 aliphatic heterocycles. The van der Waals surface area contributed by atoms with Crippen molar-refractivity contribution in [1.82, 2.24) is 15.0 Å². The lowest BCUT2D eigenvalue weighted by Crippen LogP contribution is -2.35. The molecule has 3 aromatic rings. The van der Waals surface area contributed by atoms with E-state index in [0.29, 0.717) is 30.8 Å². The summed E-state index contributed by atoms with van der Waals surface area (Å²) < 4.78 is 5.43. The second-order valence-corrected chi connectivity index (χ2v) is 7.38. The molecular formula is C21H27N7O. The lowest BCUT2D eigenvalue weighted by molar-refractivity contribution is 0.201. The van der Waals surface area contributed by atoms with E-state index in [1.54, 1.807) is 12.4 Å². The average Bonchev–Trinajstić information content (AvgIpc) is 3.28. The highest BCUT2D eigenvalue weighted by Crippen LogP contribution is 2.29. The van der Waals surface area contributed by atoms with Crippen LogP contribution in [-0.2, 0) is 10.3 Å². The predicted octanol–water partition coefficient (Wildman–Crippen LogP) is 3.12. The zero-order valence-electron chi connectivity index (χ0n) is 16.9. The highest BCUT2D eigenvalue weighted by atomic mass is 16.5. The summed E-state index contributed by atoms with van der Waals surface area (Å²) in [6, 6.07) is 7.93. The van der Waals surface area contributed by atoms with Gasteiger partial charge in [0, 0.05) is 29.9 Å². The van der Waals surface area contributed by atoms with Crippen molar-refractivity contribution in [2.45, 2.75) is 32.2 Å². The second-order valence-electron chi connectivity index (χ2n) is 7.38. The van der Waals surface area contributed by atoms with Crippen molar-refractivity contribution in [3.8, 4) is 0 Å². The predicted molar refractivity (Wildman–Crippen MR) is 116 cm³/mol. The molecule has 0 radical (unpaired) electrons. The Morgan fingerprint density at radius 1 is 1.17 bits per heavy atom. The Kier molecular flexibility index (Phi) is 5.21.